The third kappa shape index (κ3) is 6.20. The second-order valence-corrected chi connectivity index (χ2v) is 7.26. The molecule has 1 aliphatic rings. The predicted molar refractivity (Wildman–Crippen MR) is 110 cm³/mol. The molecule has 0 amide bonds. The monoisotopic (exact) mass is 360 g/mol. The van der Waals surface area contributed by atoms with Crippen molar-refractivity contribution in [3.63, 3.8) is 0 Å². The Morgan fingerprint density at radius 1 is 1.31 bits per heavy atom. The molecule has 0 spiro atoms. The van der Waals surface area contributed by atoms with E-state index in [9.17, 15) is 0 Å². The van der Waals surface area contributed by atoms with Crippen LogP contribution in [0.25, 0.3) is 0 Å². The van der Waals surface area contributed by atoms with E-state index in [1.807, 2.05) is 19.2 Å². The van der Waals surface area contributed by atoms with Gasteiger partial charge < -0.3 is 20.3 Å². The van der Waals surface area contributed by atoms with Crippen molar-refractivity contribution >= 4 is 5.96 Å². The van der Waals surface area contributed by atoms with E-state index in [0.717, 1.165) is 37.3 Å². The highest BCUT2D eigenvalue weighted by atomic mass is 16.5. The van der Waals surface area contributed by atoms with Crippen molar-refractivity contribution < 1.29 is 4.74 Å². The van der Waals surface area contributed by atoms with Gasteiger partial charge in [0.1, 0.15) is 5.75 Å². The maximum Gasteiger partial charge on any atom is 0.190 e. The number of methoxy groups -OCH3 is 1. The largest absolute Gasteiger partial charge is 0.496 e. The molecule has 2 atom stereocenters. The minimum absolute atomic E-state index is 0.346. The lowest BCUT2D eigenvalue weighted by Gasteiger charge is -2.33. The summed E-state index contributed by atoms with van der Waals surface area (Å²) in [5.41, 5.74) is 1.22. The molecule has 146 valence electrons. The van der Waals surface area contributed by atoms with Crippen LogP contribution in [-0.4, -0.2) is 57.2 Å². The van der Waals surface area contributed by atoms with Crippen molar-refractivity contribution in [2.24, 2.45) is 4.99 Å². The number of aliphatic imine (C=N–C) groups is 1. The second kappa shape index (κ2) is 11.1. The van der Waals surface area contributed by atoms with Crippen molar-refractivity contribution in [2.45, 2.75) is 51.5 Å². The summed E-state index contributed by atoms with van der Waals surface area (Å²) in [4.78, 5) is 6.96. The number of guanidine groups is 1. The molecular formula is C21H36N4O. The molecule has 0 saturated carbocycles. The molecule has 0 radical (unpaired) electrons. The van der Waals surface area contributed by atoms with E-state index in [1.165, 1.54) is 37.9 Å². The van der Waals surface area contributed by atoms with Crippen LogP contribution in [-0.2, 0) is 0 Å². The van der Waals surface area contributed by atoms with E-state index < -0.39 is 0 Å². The van der Waals surface area contributed by atoms with E-state index in [2.05, 4.69) is 46.5 Å². The molecule has 1 aromatic carbocycles. The highest BCUT2D eigenvalue weighted by molar-refractivity contribution is 5.79. The average Bonchev–Trinajstić information content (AvgIpc) is 2.68. The maximum atomic E-state index is 5.47. The molecule has 26 heavy (non-hydrogen) atoms. The van der Waals surface area contributed by atoms with Crippen LogP contribution in [0.3, 0.4) is 0 Å². The molecule has 0 bridgehead atoms. The zero-order valence-corrected chi connectivity index (χ0v) is 16.9. The van der Waals surface area contributed by atoms with Crippen LogP contribution in [0, 0.1) is 0 Å². The zero-order valence-electron chi connectivity index (χ0n) is 16.9. The predicted octanol–water partition coefficient (Wildman–Crippen LogP) is 3.23. The van der Waals surface area contributed by atoms with Crippen molar-refractivity contribution in [1.82, 2.24) is 15.5 Å². The first kappa shape index (κ1) is 20.6. The summed E-state index contributed by atoms with van der Waals surface area (Å²) >= 11 is 0. The van der Waals surface area contributed by atoms with Crippen LogP contribution in [0.4, 0.5) is 0 Å². The smallest absolute Gasteiger partial charge is 0.190 e. The van der Waals surface area contributed by atoms with Crippen LogP contribution in [0.5, 0.6) is 5.75 Å². The fourth-order valence-corrected chi connectivity index (χ4v) is 3.63. The van der Waals surface area contributed by atoms with E-state index >= 15 is 0 Å². The van der Waals surface area contributed by atoms with Crippen molar-refractivity contribution in [1.29, 1.82) is 0 Å². The molecule has 2 unspecified atom stereocenters. The third-order valence-electron chi connectivity index (χ3n) is 5.32. The van der Waals surface area contributed by atoms with Gasteiger partial charge in [0, 0.05) is 38.6 Å². The average molecular weight is 361 g/mol. The van der Waals surface area contributed by atoms with Crippen molar-refractivity contribution in [3.05, 3.63) is 29.8 Å². The molecule has 1 fully saturated rings. The van der Waals surface area contributed by atoms with E-state index in [-0.39, 0.29) is 0 Å². The quantitative estimate of drug-likeness (QED) is 0.424. The molecule has 0 aliphatic carbocycles. The zero-order chi connectivity index (χ0) is 18.8. The Morgan fingerprint density at radius 2 is 2.12 bits per heavy atom. The van der Waals surface area contributed by atoms with Crippen LogP contribution in [0.15, 0.2) is 29.3 Å². The first-order chi connectivity index (χ1) is 12.7. The highest BCUT2D eigenvalue weighted by Gasteiger charge is 2.17. The van der Waals surface area contributed by atoms with Crippen LogP contribution in [0.2, 0.25) is 0 Å². The van der Waals surface area contributed by atoms with Gasteiger partial charge in [-0.1, -0.05) is 31.5 Å². The molecule has 1 saturated heterocycles. The number of piperidine rings is 1. The maximum absolute atomic E-state index is 5.47. The number of rotatable bonds is 8. The fourth-order valence-electron chi connectivity index (χ4n) is 3.63. The lowest BCUT2D eigenvalue weighted by atomic mass is 10.0. The fraction of sp³-hybridized carbons (Fsp3) is 0.667. The Kier molecular flexibility index (Phi) is 8.75. The van der Waals surface area contributed by atoms with Crippen LogP contribution in [0.1, 0.15) is 51.0 Å². The van der Waals surface area contributed by atoms with Crippen molar-refractivity contribution in [3.8, 4) is 5.75 Å². The van der Waals surface area contributed by atoms with Gasteiger partial charge in [0.05, 0.1) is 7.11 Å². The minimum Gasteiger partial charge on any atom is -0.496 e. The number of nitrogens with one attached hydrogen (secondary N) is 2. The number of para-hydroxylation sites is 1. The molecule has 1 aliphatic heterocycles. The van der Waals surface area contributed by atoms with Gasteiger partial charge in [-0.15, -0.1) is 0 Å². The number of ether oxygens (including phenoxy) is 1. The number of hydrogen-bond acceptors (Lipinski definition) is 3. The van der Waals surface area contributed by atoms with Gasteiger partial charge in [-0.25, -0.2) is 0 Å². The molecular weight excluding hydrogens is 324 g/mol. The Morgan fingerprint density at radius 3 is 2.85 bits per heavy atom. The number of likely N-dealkylation sites (tertiary alicyclic amines) is 1. The molecule has 2 N–H and O–H groups in total. The highest BCUT2D eigenvalue weighted by Crippen LogP contribution is 2.25. The summed E-state index contributed by atoms with van der Waals surface area (Å²) in [5.74, 6) is 2.16. The summed E-state index contributed by atoms with van der Waals surface area (Å²) in [5, 5.41) is 6.88. The summed E-state index contributed by atoms with van der Waals surface area (Å²) in [7, 11) is 3.55. The molecule has 2 rings (SSSR count). The normalized spacial score (nSPS) is 19.8. The Balaban J connectivity index is 1.70. The van der Waals surface area contributed by atoms with Gasteiger partial charge in [0.2, 0.25) is 0 Å². The summed E-state index contributed by atoms with van der Waals surface area (Å²) < 4.78 is 5.47. The number of hydrogen-bond donors (Lipinski definition) is 2. The van der Waals surface area contributed by atoms with E-state index in [1.54, 1.807) is 7.11 Å². The Labute approximate surface area is 159 Å². The van der Waals surface area contributed by atoms with Gasteiger partial charge in [-0.3, -0.25) is 4.99 Å². The van der Waals surface area contributed by atoms with Gasteiger partial charge in [0.15, 0.2) is 5.96 Å². The molecule has 5 heteroatoms. The van der Waals surface area contributed by atoms with Crippen LogP contribution >= 0.6 is 0 Å². The van der Waals surface area contributed by atoms with Gasteiger partial charge in [-0.2, -0.15) is 0 Å². The lowest BCUT2D eigenvalue weighted by molar-refractivity contribution is 0.159. The first-order valence-electron chi connectivity index (χ1n) is 9.97. The Bertz CT molecular complexity index is 561. The van der Waals surface area contributed by atoms with Crippen molar-refractivity contribution in [2.75, 3.05) is 40.3 Å². The molecule has 1 heterocycles. The summed E-state index contributed by atoms with van der Waals surface area (Å²) in [6, 6.07) is 8.94. The van der Waals surface area contributed by atoms with E-state index in [0.29, 0.717) is 5.92 Å². The van der Waals surface area contributed by atoms with Crippen LogP contribution < -0.4 is 15.4 Å². The molecule has 1 aromatic rings. The molecule has 5 nitrogen and oxygen atoms in total. The van der Waals surface area contributed by atoms with E-state index in [4.69, 9.17) is 4.74 Å². The number of benzene rings is 1. The Hall–Kier alpha value is -1.75. The standard InChI is InChI=1S/C21H36N4O/c1-17(19-11-5-6-12-20(19)26-4)16-24-21(22-3)23-13-9-15-25-14-8-7-10-18(25)2/h5-6,11-12,17-18H,7-10,13-16H2,1-4H3,(H2,22,23,24). The van der Waals surface area contributed by atoms with Gasteiger partial charge in [-0.05, 0) is 44.4 Å². The molecule has 0 aromatic heterocycles. The number of nitrogens with zero attached hydrogens (tertiary/aromatic N) is 2. The van der Waals surface area contributed by atoms with Gasteiger partial charge >= 0.3 is 0 Å². The topological polar surface area (TPSA) is 48.9 Å². The minimum atomic E-state index is 0.346. The lowest BCUT2D eigenvalue weighted by Crippen LogP contribution is -2.42. The third-order valence-corrected chi connectivity index (χ3v) is 5.32. The second-order valence-electron chi connectivity index (χ2n) is 7.26. The summed E-state index contributed by atoms with van der Waals surface area (Å²) in [6.45, 7) is 8.75. The SMILES string of the molecule is CN=C(NCCCN1CCCCC1C)NCC(C)c1ccccc1OC. The first-order valence-corrected chi connectivity index (χ1v) is 9.97. The summed E-state index contributed by atoms with van der Waals surface area (Å²) in [6.07, 6.45) is 5.23. The van der Waals surface area contributed by atoms with Gasteiger partial charge in [0.25, 0.3) is 0 Å².